The smallest absolute Gasteiger partial charge is 0.308 e. The van der Waals surface area contributed by atoms with Crippen molar-refractivity contribution in [2.45, 2.75) is 45.8 Å². The molecule has 1 aliphatic rings. The van der Waals surface area contributed by atoms with Crippen molar-refractivity contribution in [2.75, 3.05) is 12.9 Å². The lowest BCUT2D eigenvalue weighted by Gasteiger charge is -2.24. The summed E-state index contributed by atoms with van der Waals surface area (Å²) in [6.45, 7) is 5.36. The summed E-state index contributed by atoms with van der Waals surface area (Å²) in [6.07, 6.45) is -0.561. The Morgan fingerprint density at radius 1 is 1.08 bits per heavy atom. The lowest BCUT2D eigenvalue weighted by atomic mass is 9.88. The Hall–Kier alpha value is -3.56. The van der Waals surface area contributed by atoms with Crippen molar-refractivity contribution >= 4 is 22.0 Å². The summed E-state index contributed by atoms with van der Waals surface area (Å²) in [4.78, 5) is 26.1. The Kier molecular flexibility index (Phi) is 7.99. The number of halogens is 1. The highest BCUT2D eigenvalue weighted by Crippen LogP contribution is 2.36. The first-order valence-corrected chi connectivity index (χ1v) is 14.1. The van der Waals surface area contributed by atoms with E-state index < -0.39 is 40.0 Å². The summed E-state index contributed by atoms with van der Waals surface area (Å²) in [7, 11) is -4.06. The molecular weight excluding hydrogens is 509 g/mol. The fourth-order valence-electron chi connectivity index (χ4n) is 4.87. The van der Waals surface area contributed by atoms with Crippen LogP contribution >= 0.6 is 0 Å². The van der Waals surface area contributed by atoms with Crippen LogP contribution in [0.15, 0.2) is 54.6 Å². The predicted octanol–water partition coefficient (Wildman–Crippen LogP) is 4.84. The van der Waals surface area contributed by atoms with Crippen LogP contribution in [-0.4, -0.2) is 33.2 Å². The highest BCUT2D eigenvalue weighted by Gasteiger charge is 2.31. The van der Waals surface area contributed by atoms with Crippen molar-refractivity contribution in [3.05, 3.63) is 93.8 Å². The lowest BCUT2D eigenvalue weighted by Crippen LogP contribution is -2.36. The van der Waals surface area contributed by atoms with Gasteiger partial charge in [-0.2, -0.15) is 8.42 Å². The second kappa shape index (κ2) is 11.0. The van der Waals surface area contributed by atoms with Crippen molar-refractivity contribution in [1.82, 2.24) is 5.32 Å². The van der Waals surface area contributed by atoms with Gasteiger partial charge in [0.05, 0.1) is 25.3 Å². The molecule has 1 aliphatic heterocycles. The highest BCUT2D eigenvalue weighted by molar-refractivity contribution is 7.86. The van der Waals surface area contributed by atoms with Gasteiger partial charge in [0.25, 0.3) is 16.0 Å². The number of aryl methyl sites for hydroxylation is 2. The van der Waals surface area contributed by atoms with Gasteiger partial charge in [-0.3, -0.25) is 13.8 Å². The number of carbonyl (C=O) groups excluding carboxylic acids is 2. The van der Waals surface area contributed by atoms with Gasteiger partial charge in [-0.05, 0) is 78.3 Å². The minimum Gasteiger partial charge on any atom is -0.466 e. The molecule has 200 valence electrons. The van der Waals surface area contributed by atoms with E-state index in [2.05, 4.69) is 5.32 Å². The summed E-state index contributed by atoms with van der Waals surface area (Å²) >= 11 is 0. The van der Waals surface area contributed by atoms with Gasteiger partial charge in [-0.15, -0.1) is 0 Å². The molecule has 0 spiro atoms. The third kappa shape index (κ3) is 6.11. The molecule has 7 nitrogen and oxygen atoms in total. The van der Waals surface area contributed by atoms with Gasteiger partial charge in [0, 0.05) is 5.56 Å². The van der Waals surface area contributed by atoms with E-state index in [-0.39, 0.29) is 18.6 Å². The summed E-state index contributed by atoms with van der Waals surface area (Å²) in [6, 6.07) is 15.1. The van der Waals surface area contributed by atoms with Gasteiger partial charge in [0.15, 0.2) is 6.10 Å². The predicted molar refractivity (Wildman–Crippen MR) is 141 cm³/mol. The summed E-state index contributed by atoms with van der Waals surface area (Å²) in [5, 5.41) is 2.67. The zero-order valence-electron chi connectivity index (χ0n) is 21.7. The van der Waals surface area contributed by atoms with Crippen LogP contribution in [-0.2, 0) is 35.0 Å². The summed E-state index contributed by atoms with van der Waals surface area (Å²) in [5.74, 6) is -2.03. The largest absolute Gasteiger partial charge is 0.466 e. The number of amides is 1. The van der Waals surface area contributed by atoms with Crippen LogP contribution in [0.1, 0.15) is 58.9 Å². The topological polar surface area (TPSA) is 98.8 Å². The van der Waals surface area contributed by atoms with Crippen molar-refractivity contribution in [2.24, 2.45) is 0 Å². The maximum atomic E-state index is 15.6. The monoisotopic (exact) mass is 539 g/mol. The van der Waals surface area contributed by atoms with Gasteiger partial charge in [-0.25, -0.2) is 4.39 Å². The average molecular weight is 540 g/mol. The van der Waals surface area contributed by atoms with Crippen LogP contribution in [0.5, 0.6) is 0 Å². The molecule has 0 aromatic heterocycles. The van der Waals surface area contributed by atoms with Crippen LogP contribution in [0.25, 0.3) is 11.1 Å². The fraction of sp³-hybridized carbons (Fsp3) is 0.310. The van der Waals surface area contributed by atoms with Gasteiger partial charge in [0.1, 0.15) is 5.82 Å². The van der Waals surface area contributed by atoms with E-state index in [0.29, 0.717) is 17.5 Å². The Morgan fingerprint density at radius 2 is 1.82 bits per heavy atom. The van der Waals surface area contributed by atoms with Gasteiger partial charge < -0.3 is 10.1 Å². The number of hydrogen-bond acceptors (Lipinski definition) is 6. The van der Waals surface area contributed by atoms with Gasteiger partial charge >= 0.3 is 5.97 Å². The van der Waals surface area contributed by atoms with Crippen molar-refractivity contribution in [1.29, 1.82) is 0 Å². The molecule has 0 fully saturated rings. The number of fused-ring (bicyclic) bond motifs is 6. The van der Waals surface area contributed by atoms with Crippen molar-refractivity contribution in [3.63, 3.8) is 0 Å². The molecular formula is C29H30FNO6S. The number of rotatable bonds is 5. The molecule has 4 bridgehead atoms. The maximum absolute atomic E-state index is 15.6. The minimum absolute atomic E-state index is 0.0969. The molecule has 1 N–H and O–H groups in total. The number of ether oxygens (including phenoxy) is 1. The van der Waals surface area contributed by atoms with Crippen molar-refractivity contribution in [3.8, 4) is 11.1 Å². The first kappa shape index (κ1) is 27.5. The van der Waals surface area contributed by atoms with Gasteiger partial charge in [0.2, 0.25) is 0 Å². The summed E-state index contributed by atoms with van der Waals surface area (Å²) in [5.41, 5.74) is 5.22. The molecule has 0 saturated carbocycles. The zero-order chi connectivity index (χ0) is 27.6. The number of benzene rings is 3. The Balaban J connectivity index is 1.99. The van der Waals surface area contributed by atoms with E-state index in [1.54, 1.807) is 44.2 Å². The number of hydrogen-bond donors (Lipinski definition) is 1. The van der Waals surface area contributed by atoms with E-state index in [4.69, 9.17) is 8.92 Å². The second-order valence-corrected chi connectivity index (χ2v) is 11.1. The third-order valence-electron chi connectivity index (χ3n) is 6.46. The van der Waals surface area contributed by atoms with Gasteiger partial charge in [-0.1, -0.05) is 42.5 Å². The number of nitrogens with one attached hydrogen (secondary N) is 1. The molecule has 4 rings (SSSR count). The van der Waals surface area contributed by atoms with Crippen LogP contribution in [0.3, 0.4) is 0 Å². The van der Waals surface area contributed by atoms with Crippen LogP contribution in [0.2, 0.25) is 0 Å². The summed E-state index contributed by atoms with van der Waals surface area (Å²) < 4.78 is 50.2. The Labute approximate surface area is 222 Å². The molecule has 3 aromatic carbocycles. The standard InChI is InChI=1S/C29H30FNO6S/c1-5-36-25(32)16-24-23-15-22(12-18(3)27(23)30)26-17(2)8-6-10-20(26)13-19-9-7-11-21(14-19)28(29(33)31-24)37-38(4,34)35/h6-12,14-15,24,28H,5,13,16H2,1-4H3,(H,31,33)/t24-,28?/m0/s1. The first-order valence-electron chi connectivity index (χ1n) is 12.3. The molecule has 1 unspecified atom stereocenters. The van der Waals surface area contributed by atoms with E-state index in [1.807, 2.05) is 31.2 Å². The Morgan fingerprint density at radius 3 is 2.53 bits per heavy atom. The SMILES string of the molecule is CCOC(=O)C[C@@H]1NC(=O)C(OS(C)(=O)=O)c2cccc(c2)Cc2cccc(C)c2-c2cc(C)c(F)c1c2. The first-order chi connectivity index (χ1) is 18.0. The van der Waals surface area contributed by atoms with Crippen LogP contribution in [0, 0.1) is 19.7 Å². The molecule has 9 heteroatoms. The lowest BCUT2D eigenvalue weighted by molar-refractivity contribution is -0.144. The molecule has 2 atom stereocenters. The van der Waals surface area contributed by atoms with E-state index in [9.17, 15) is 18.0 Å². The Bertz CT molecular complexity index is 1500. The average Bonchev–Trinajstić information content (AvgIpc) is 2.83. The maximum Gasteiger partial charge on any atom is 0.308 e. The number of carbonyl (C=O) groups is 2. The van der Waals surface area contributed by atoms with E-state index in [0.717, 1.165) is 34.1 Å². The minimum atomic E-state index is -4.06. The molecule has 0 saturated heterocycles. The third-order valence-corrected chi connectivity index (χ3v) is 7.00. The fourth-order valence-corrected chi connectivity index (χ4v) is 5.42. The molecule has 1 amide bonds. The molecule has 0 aliphatic carbocycles. The zero-order valence-corrected chi connectivity index (χ0v) is 22.5. The molecule has 3 aromatic rings. The van der Waals surface area contributed by atoms with E-state index >= 15 is 4.39 Å². The van der Waals surface area contributed by atoms with E-state index in [1.165, 1.54) is 0 Å². The molecule has 1 heterocycles. The molecule has 0 radical (unpaired) electrons. The highest BCUT2D eigenvalue weighted by atomic mass is 32.2. The van der Waals surface area contributed by atoms with Crippen LogP contribution in [0.4, 0.5) is 4.39 Å². The molecule has 38 heavy (non-hydrogen) atoms. The quantitative estimate of drug-likeness (QED) is 0.368. The van der Waals surface area contributed by atoms with Crippen molar-refractivity contribution < 1.29 is 31.3 Å². The number of esters is 1. The normalized spacial score (nSPS) is 17.3. The second-order valence-electron chi connectivity index (χ2n) is 9.48. The van der Waals surface area contributed by atoms with Crippen LogP contribution < -0.4 is 5.32 Å².